The summed E-state index contributed by atoms with van der Waals surface area (Å²) in [6.07, 6.45) is 5.68. The molecule has 120 valence electrons. The molecule has 1 aliphatic rings. The maximum Gasteiger partial charge on any atom is 0.0484 e. The average molecular weight is 305 g/mol. The minimum atomic E-state index is 0.557. The normalized spacial score (nSPS) is 14.4. The smallest absolute Gasteiger partial charge is 0.0484 e. The van der Waals surface area contributed by atoms with Crippen LogP contribution in [-0.4, -0.2) is 7.05 Å². The Bertz CT molecular complexity index is 740. The SMILES string of the molecule is CCC(C)c1ccc2c(c1)N(C)c1ccc(C(C)C)cc1C=C2. The molecule has 0 saturated heterocycles. The van der Waals surface area contributed by atoms with Crippen molar-refractivity contribution < 1.29 is 0 Å². The Labute approximate surface area is 140 Å². The van der Waals surface area contributed by atoms with Gasteiger partial charge < -0.3 is 4.90 Å². The molecule has 0 radical (unpaired) electrons. The van der Waals surface area contributed by atoms with E-state index in [0.29, 0.717) is 11.8 Å². The number of hydrogen-bond acceptors (Lipinski definition) is 1. The molecule has 3 rings (SSSR count). The summed E-state index contributed by atoms with van der Waals surface area (Å²) >= 11 is 0. The number of rotatable bonds is 3. The van der Waals surface area contributed by atoms with Gasteiger partial charge in [-0.25, -0.2) is 0 Å². The predicted octanol–water partition coefficient (Wildman–Crippen LogP) is 6.58. The molecule has 1 aliphatic heterocycles. The quantitative estimate of drug-likeness (QED) is 0.619. The first-order valence-electron chi connectivity index (χ1n) is 8.71. The van der Waals surface area contributed by atoms with E-state index >= 15 is 0 Å². The van der Waals surface area contributed by atoms with Crippen LogP contribution in [0.2, 0.25) is 0 Å². The van der Waals surface area contributed by atoms with Crippen LogP contribution in [0, 0.1) is 0 Å². The Kier molecular flexibility index (Phi) is 4.30. The van der Waals surface area contributed by atoms with Crippen LogP contribution in [0.3, 0.4) is 0 Å². The molecule has 0 spiro atoms. The first-order chi connectivity index (χ1) is 11.0. The minimum absolute atomic E-state index is 0.557. The molecule has 23 heavy (non-hydrogen) atoms. The number of fused-ring (bicyclic) bond motifs is 2. The lowest BCUT2D eigenvalue weighted by molar-refractivity contribution is 0.733. The summed E-state index contributed by atoms with van der Waals surface area (Å²) < 4.78 is 0. The molecular formula is C22H27N. The maximum absolute atomic E-state index is 2.36. The van der Waals surface area contributed by atoms with Gasteiger partial charge in [0.2, 0.25) is 0 Å². The Morgan fingerprint density at radius 1 is 0.826 bits per heavy atom. The summed E-state index contributed by atoms with van der Waals surface area (Å²) in [6.45, 7) is 9.05. The van der Waals surface area contributed by atoms with Crippen LogP contribution >= 0.6 is 0 Å². The van der Waals surface area contributed by atoms with Gasteiger partial charge in [0.25, 0.3) is 0 Å². The molecule has 0 N–H and O–H groups in total. The van der Waals surface area contributed by atoms with E-state index in [1.165, 1.54) is 40.0 Å². The third-order valence-electron chi connectivity index (χ3n) is 5.12. The van der Waals surface area contributed by atoms with Crippen molar-refractivity contribution in [3.05, 3.63) is 58.7 Å². The Balaban J connectivity index is 2.09. The number of hydrogen-bond donors (Lipinski definition) is 0. The molecule has 1 heteroatoms. The second-order valence-corrected chi connectivity index (χ2v) is 6.99. The molecule has 0 fully saturated rings. The van der Waals surface area contributed by atoms with E-state index in [2.05, 4.69) is 88.2 Å². The number of anilines is 2. The first kappa shape index (κ1) is 15.9. The zero-order valence-electron chi connectivity index (χ0n) is 14.9. The lowest BCUT2D eigenvalue weighted by Gasteiger charge is -2.24. The fourth-order valence-corrected chi connectivity index (χ4v) is 3.21. The second kappa shape index (κ2) is 6.23. The molecule has 1 nitrogen and oxygen atoms in total. The van der Waals surface area contributed by atoms with Crippen LogP contribution in [0.4, 0.5) is 11.4 Å². The molecule has 2 aromatic carbocycles. The van der Waals surface area contributed by atoms with Gasteiger partial charge in [-0.05, 0) is 58.7 Å². The van der Waals surface area contributed by atoms with Crippen molar-refractivity contribution in [1.82, 2.24) is 0 Å². The third kappa shape index (κ3) is 2.93. The van der Waals surface area contributed by atoms with E-state index in [-0.39, 0.29) is 0 Å². The zero-order chi connectivity index (χ0) is 16.6. The largest absolute Gasteiger partial charge is 0.344 e. The van der Waals surface area contributed by atoms with Crippen molar-refractivity contribution in [3.8, 4) is 0 Å². The van der Waals surface area contributed by atoms with Gasteiger partial charge >= 0.3 is 0 Å². The topological polar surface area (TPSA) is 3.24 Å². The zero-order valence-corrected chi connectivity index (χ0v) is 14.9. The first-order valence-corrected chi connectivity index (χ1v) is 8.71. The highest BCUT2D eigenvalue weighted by Crippen LogP contribution is 2.38. The van der Waals surface area contributed by atoms with E-state index in [9.17, 15) is 0 Å². The molecule has 0 saturated carbocycles. The van der Waals surface area contributed by atoms with Crippen molar-refractivity contribution in [1.29, 1.82) is 0 Å². The summed E-state index contributed by atoms with van der Waals surface area (Å²) in [5.74, 6) is 1.16. The van der Waals surface area contributed by atoms with E-state index in [1.54, 1.807) is 0 Å². The van der Waals surface area contributed by atoms with Crippen molar-refractivity contribution in [2.75, 3.05) is 11.9 Å². The minimum Gasteiger partial charge on any atom is -0.344 e. The third-order valence-corrected chi connectivity index (χ3v) is 5.12. The Hall–Kier alpha value is -2.02. The van der Waals surface area contributed by atoms with Gasteiger partial charge in [-0.1, -0.05) is 58.0 Å². The summed E-state index contributed by atoms with van der Waals surface area (Å²) in [7, 11) is 2.18. The van der Waals surface area contributed by atoms with Crippen LogP contribution in [0.5, 0.6) is 0 Å². The van der Waals surface area contributed by atoms with Gasteiger partial charge in [0, 0.05) is 18.4 Å². The molecule has 1 atom stereocenters. The van der Waals surface area contributed by atoms with Crippen molar-refractivity contribution >= 4 is 23.5 Å². The highest BCUT2D eigenvalue weighted by Gasteiger charge is 2.17. The van der Waals surface area contributed by atoms with Crippen LogP contribution in [0.1, 0.15) is 68.2 Å². The summed E-state index contributed by atoms with van der Waals surface area (Å²) in [4.78, 5) is 2.33. The molecule has 1 unspecified atom stereocenters. The van der Waals surface area contributed by atoms with Gasteiger partial charge in [-0.3, -0.25) is 0 Å². The Morgan fingerprint density at radius 2 is 1.52 bits per heavy atom. The molecule has 0 aliphatic carbocycles. The van der Waals surface area contributed by atoms with Gasteiger partial charge in [-0.2, -0.15) is 0 Å². The van der Waals surface area contributed by atoms with Crippen LogP contribution < -0.4 is 4.90 Å². The van der Waals surface area contributed by atoms with E-state index in [1.807, 2.05) is 0 Å². The summed E-state index contributed by atoms with van der Waals surface area (Å²) in [5.41, 5.74) is 8.00. The van der Waals surface area contributed by atoms with Gasteiger partial charge in [0.15, 0.2) is 0 Å². The highest BCUT2D eigenvalue weighted by molar-refractivity contribution is 5.89. The average Bonchev–Trinajstić information content (AvgIpc) is 2.70. The predicted molar refractivity (Wildman–Crippen MR) is 103 cm³/mol. The summed E-state index contributed by atoms with van der Waals surface area (Å²) in [5, 5.41) is 0. The van der Waals surface area contributed by atoms with Crippen molar-refractivity contribution in [2.45, 2.75) is 46.0 Å². The van der Waals surface area contributed by atoms with Crippen molar-refractivity contribution in [3.63, 3.8) is 0 Å². The van der Waals surface area contributed by atoms with Crippen LogP contribution in [0.15, 0.2) is 36.4 Å². The fraction of sp³-hybridized carbons (Fsp3) is 0.364. The molecule has 2 aromatic rings. The maximum atomic E-state index is 2.36. The lowest BCUT2D eigenvalue weighted by Crippen LogP contribution is -2.12. The second-order valence-electron chi connectivity index (χ2n) is 6.99. The highest BCUT2D eigenvalue weighted by atomic mass is 15.1. The number of benzene rings is 2. The standard InChI is InChI=1S/C22H27N/c1-6-16(4)19-9-7-17-8-10-20-13-18(15(2)3)11-12-21(20)23(5)22(17)14-19/h7-16H,6H2,1-5H3. The molecular weight excluding hydrogens is 278 g/mol. The number of nitrogens with zero attached hydrogens (tertiary/aromatic N) is 1. The molecule has 1 heterocycles. The van der Waals surface area contributed by atoms with E-state index in [0.717, 1.165) is 0 Å². The van der Waals surface area contributed by atoms with Gasteiger partial charge in [0.05, 0.1) is 0 Å². The Morgan fingerprint density at radius 3 is 2.22 bits per heavy atom. The van der Waals surface area contributed by atoms with Gasteiger partial charge in [-0.15, -0.1) is 0 Å². The fourth-order valence-electron chi connectivity index (χ4n) is 3.21. The lowest BCUT2D eigenvalue weighted by atomic mass is 9.96. The monoisotopic (exact) mass is 305 g/mol. The molecule has 0 amide bonds. The molecule has 0 bridgehead atoms. The van der Waals surface area contributed by atoms with Crippen molar-refractivity contribution in [2.24, 2.45) is 0 Å². The van der Waals surface area contributed by atoms with E-state index in [4.69, 9.17) is 0 Å². The van der Waals surface area contributed by atoms with Crippen LogP contribution in [0.25, 0.3) is 12.2 Å². The summed E-state index contributed by atoms with van der Waals surface area (Å²) in [6, 6.07) is 13.8. The van der Waals surface area contributed by atoms with E-state index < -0.39 is 0 Å². The van der Waals surface area contributed by atoms with Gasteiger partial charge in [0.1, 0.15) is 0 Å². The molecule has 0 aromatic heterocycles. The van der Waals surface area contributed by atoms with Crippen LogP contribution in [-0.2, 0) is 0 Å².